The van der Waals surface area contributed by atoms with Crippen LogP contribution in [0.5, 0.6) is 0 Å². The van der Waals surface area contributed by atoms with E-state index < -0.39 is 0 Å². The van der Waals surface area contributed by atoms with Crippen LogP contribution in [-0.4, -0.2) is 49.2 Å². The first kappa shape index (κ1) is 10.5. The van der Waals surface area contributed by atoms with Gasteiger partial charge in [-0.1, -0.05) is 0 Å². The fourth-order valence-electron chi connectivity index (χ4n) is 3.42. The van der Waals surface area contributed by atoms with E-state index in [9.17, 15) is 4.79 Å². The summed E-state index contributed by atoms with van der Waals surface area (Å²) >= 11 is 0. The quantitative estimate of drug-likeness (QED) is 0.693. The first-order chi connectivity index (χ1) is 7.77. The van der Waals surface area contributed by atoms with Crippen LogP contribution in [-0.2, 0) is 9.53 Å². The molecule has 0 bridgehead atoms. The largest absolute Gasteiger partial charge is 0.368 e. The summed E-state index contributed by atoms with van der Waals surface area (Å²) in [5.74, 6) is 1.56. The number of hydrogen-bond donors (Lipinski definition) is 1. The number of nitrogens with zero attached hydrogens (tertiary/aromatic N) is 1. The maximum absolute atomic E-state index is 12.3. The summed E-state index contributed by atoms with van der Waals surface area (Å²) < 4.78 is 5.49. The normalized spacial score (nSPS) is 42.7. The molecule has 3 heterocycles. The fourth-order valence-corrected chi connectivity index (χ4v) is 3.42. The van der Waals surface area contributed by atoms with Gasteiger partial charge in [-0.25, -0.2) is 0 Å². The third-order valence-electron chi connectivity index (χ3n) is 4.42. The van der Waals surface area contributed by atoms with Gasteiger partial charge in [0.05, 0.1) is 0 Å². The molecule has 1 N–H and O–H groups in total. The zero-order valence-electron chi connectivity index (χ0n) is 9.82. The number of fused-ring (bicyclic) bond motifs is 1. The molecule has 16 heavy (non-hydrogen) atoms. The van der Waals surface area contributed by atoms with Crippen molar-refractivity contribution in [3.8, 4) is 0 Å². The highest BCUT2D eigenvalue weighted by Gasteiger charge is 2.45. The Labute approximate surface area is 96.3 Å². The van der Waals surface area contributed by atoms with Crippen molar-refractivity contribution in [2.24, 2.45) is 11.8 Å². The van der Waals surface area contributed by atoms with E-state index in [1.54, 1.807) is 0 Å². The number of ether oxygens (including phenoxy) is 1. The fraction of sp³-hybridized carbons (Fsp3) is 0.917. The second kappa shape index (κ2) is 4.00. The maximum atomic E-state index is 12.3. The SMILES string of the molecule is CC1C2CNCC2CN1C(=O)[C@@H]1CCCO1. The minimum Gasteiger partial charge on any atom is -0.368 e. The summed E-state index contributed by atoms with van der Waals surface area (Å²) in [4.78, 5) is 14.3. The van der Waals surface area contributed by atoms with Crippen LogP contribution < -0.4 is 5.32 Å². The zero-order chi connectivity index (χ0) is 11.1. The topological polar surface area (TPSA) is 41.6 Å². The van der Waals surface area contributed by atoms with Gasteiger partial charge < -0.3 is 15.0 Å². The smallest absolute Gasteiger partial charge is 0.251 e. The van der Waals surface area contributed by atoms with Crippen LogP contribution in [0.15, 0.2) is 0 Å². The summed E-state index contributed by atoms with van der Waals surface area (Å²) in [7, 11) is 0. The molecular formula is C12H20N2O2. The van der Waals surface area contributed by atoms with E-state index in [1.165, 1.54) is 0 Å². The van der Waals surface area contributed by atoms with Crippen molar-refractivity contribution in [3.05, 3.63) is 0 Å². The van der Waals surface area contributed by atoms with E-state index in [-0.39, 0.29) is 12.0 Å². The van der Waals surface area contributed by atoms with Crippen molar-refractivity contribution >= 4 is 5.91 Å². The van der Waals surface area contributed by atoms with E-state index >= 15 is 0 Å². The molecule has 0 aromatic rings. The molecule has 3 fully saturated rings. The van der Waals surface area contributed by atoms with Crippen LogP contribution in [0.3, 0.4) is 0 Å². The number of carbonyl (C=O) groups excluding carboxylic acids is 1. The molecule has 0 aliphatic carbocycles. The Morgan fingerprint density at radius 3 is 3.00 bits per heavy atom. The molecular weight excluding hydrogens is 204 g/mol. The van der Waals surface area contributed by atoms with Crippen molar-refractivity contribution in [2.45, 2.75) is 31.9 Å². The molecule has 1 amide bonds. The molecule has 0 spiro atoms. The van der Waals surface area contributed by atoms with Gasteiger partial charge in [-0.05, 0) is 31.6 Å². The van der Waals surface area contributed by atoms with Crippen molar-refractivity contribution in [3.63, 3.8) is 0 Å². The minimum absolute atomic E-state index is 0.144. The van der Waals surface area contributed by atoms with E-state index in [1.807, 2.05) is 0 Å². The Kier molecular flexibility index (Phi) is 2.64. The molecule has 3 aliphatic heterocycles. The lowest BCUT2D eigenvalue weighted by Gasteiger charge is -2.26. The van der Waals surface area contributed by atoms with Crippen molar-refractivity contribution in [1.82, 2.24) is 10.2 Å². The summed E-state index contributed by atoms with van der Waals surface area (Å²) in [6, 6.07) is 0.386. The molecule has 90 valence electrons. The highest BCUT2D eigenvalue weighted by molar-refractivity contribution is 5.81. The highest BCUT2D eigenvalue weighted by Crippen LogP contribution is 2.33. The van der Waals surface area contributed by atoms with Crippen molar-refractivity contribution in [2.75, 3.05) is 26.2 Å². The molecule has 3 aliphatic rings. The van der Waals surface area contributed by atoms with Crippen LogP contribution in [0.2, 0.25) is 0 Å². The van der Waals surface area contributed by atoms with E-state index in [0.717, 1.165) is 39.1 Å². The Hall–Kier alpha value is -0.610. The average Bonchev–Trinajstić information content (AvgIpc) is 2.95. The van der Waals surface area contributed by atoms with E-state index in [2.05, 4.69) is 17.1 Å². The summed E-state index contributed by atoms with van der Waals surface area (Å²) in [6.07, 6.45) is 1.80. The Morgan fingerprint density at radius 1 is 1.44 bits per heavy atom. The maximum Gasteiger partial charge on any atom is 0.251 e. The minimum atomic E-state index is -0.144. The number of nitrogens with one attached hydrogen (secondary N) is 1. The Bertz CT molecular complexity index is 289. The van der Waals surface area contributed by atoms with Crippen molar-refractivity contribution < 1.29 is 9.53 Å². The summed E-state index contributed by atoms with van der Waals surface area (Å²) in [6.45, 7) is 6.01. The Balaban J connectivity index is 1.69. The third kappa shape index (κ3) is 1.55. The van der Waals surface area contributed by atoms with Gasteiger partial charge in [0, 0.05) is 32.3 Å². The lowest BCUT2D eigenvalue weighted by atomic mass is 9.95. The van der Waals surface area contributed by atoms with Crippen LogP contribution >= 0.6 is 0 Å². The average molecular weight is 224 g/mol. The van der Waals surface area contributed by atoms with Crippen LogP contribution in [0.4, 0.5) is 0 Å². The molecule has 4 heteroatoms. The van der Waals surface area contributed by atoms with Gasteiger partial charge in [0.1, 0.15) is 6.10 Å². The highest BCUT2D eigenvalue weighted by atomic mass is 16.5. The number of rotatable bonds is 1. The second-order valence-electron chi connectivity index (χ2n) is 5.32. The van der Waals surface area contributed by atoms with Crippen LogP contribution in [0.1, 0.15) is 19.8 Å². The van der Waals surface area contributed by atoms with Gasteiger partial charge in [0.2, 0.25) is 0 Å². The van der Waals surface area contributed by atoms with Gasteiger partial charge in [0.25, 0.3) is 5.91 Å². The first-order valence-electron chi connectivity index (χ1n) is 6.40. The monoisotopic (exact) mass is 224 g/mol. The molecule has 3 unspecified atom stereocenters. The zero-order valence-corrected chi connectivity index (χ0v) is 9.82. The van der Waals surface area contributed by atoms with Crippen LogP contribution in [0.25, 0.3) is 0 Å². The standard InChI is InChI=1S/C12H20N2O2/c1-8-10-6-13-5-9(10)7-14(8)12(15)11-3-2-4-16-11/h8-11,13H,2-7H2,1H3/t8?,9?,10?,11-/m0/s1. The number of likely N-dealkylation sites (tertiary alicyclic amines) is 1. The van der Waals surface area contributed by atoms with Crippen LogP contribution in [0, 0.1) is 11.8 Å². The van der Waals surface area contributed by atoms with E-state index in [0.29, 0.717) is 17.9 Å². The Morgan fingerprint density at radius 2 is 2.31 bits per heavy atom. The predicted molar refractivity (Wildman–Crippen MR) is 60.0 cm³/mol. The predicted octanol–water partition coefficient (Wildman–Crippen LogP) is 0.232. The molecule has 4 nitrogen and oxygen atoms in total. The van der Waals surface area contributed by atoms with Gasteiger partial charge >= 0.3 is 0 Å². The number of carbonyl (C=O) groups is 1. The molecule has 4 atom stereocenters. The third-order valence-corrected chi connectivity index (χ3v) is 4.42. The second-order valence-corrected chi connectivity index (χ2v) is 5.32. The molecule has 0 aromatic heterocycles. The molecule has 3 rings (SSSR count). The molecule has 0 saturated carbocycles. The van der Waals surface area contributed by atoms with Gasteiger partial charge in [-0.2, -0.15) is 0 Å². The van der Waals surface area contributed by atoms with Crippen molar-refractivity contribution in [1.29, 1.82) is 0 Å². The van der Waals surface area contributed by atoms with Gasteiger partial charge in [0.15, 0.2) is 0 Å². The lowest BCUT2D eigenvalue weighted by Crippen LogP contribution is -2.43. The first-order valence-corrected chi connectivity index (χ1v) is 6.40. The molecule has 3 saturated heterocycles. The lowest BCUT2D eigenvalue weighted by molar-refractivity contribution is -0.141. The van der Waals surface area contributed by atoms with Gasteiger partial charge in [-0.15, -0.1) is 0 Å². The molecule has 0 aromatic carbocycles. The molecule has 0 radical (unpaired) electrons. The number of hydrogen-bond acceptors (Lipinski definition) is 3. The summed E-state index contributed by atoms with van der Waals surface area (Å²) in [5, 5.41) is 3.41. The van der Waals surface area contributed by atoms with Gasteiger partial charge in [-0.3, -0.25) is 4.79 Å². The van der Waals surface area contributed by atoms with E-state index in [4.69, 9.17) is 4.74 Å². The number of amides is 1. The summed E-state index contributed by atoms with van der Waals surface area (Å²) in [5.41, 5.74) is 0.